The molecule has 0 unspecified atom stereocenters. The topological polar surface area (TPSA) is 97.1 Å². The molecule has 0 amide bonds. The molecule has 2 fully saturated rings. The summed E-state index contributed by atoms with van der Waals surface area (Å²) in [6.45, 7) is 7.73. The number of fused-ring (bicyclic) bond motifs is 3. The van der Waals surface area contributed by atoms with Crippen LogP contribution in [-0.2, 0) is 11.2 Å². The van der Waals surface area contributed by atoms with Crippen molar-refractivity contribution in [3.05, 3.63) is 77.2 Å². The molecule has 1 saturated heterocycles. The lowest BCUT2D eigenvalue weighted by atomic mass is 10.0. The van der Waals surface area contributed by atoms with E-state index in [0.29, 0.717) is 49.9 Å². The van der Waals surface area contributed by atoms with E-state index in [0.717, 1.165) is 54.5 Å². The monoisotopic (exact) mass is 657 g/mol. The van der Waals surface area contributed by atoms with E-state index in [1.165, 1.54) is 33.1 Å². The zero-order chi connectivity index (χ0) is 31.9. The number of benzene rings is 2. The van der Waals surface area contributed by atoms with E-state index in [1.807, 2.05) is 22.7 Å². The van der Waals surface area contributed by atoms with Crippen molar-refractivity contribution in [2.45, 2.75) is 25.3 Å². The number of allylic oxidation sites excluding steroid dienone is 1. The number of carbonyl (C=O) groups excluding carboxylic acids is 1. The number of ketones is 1. The number of rotatable bonds is 10. The molecule has 3 aromatic heterocycles. The highest BCUT2D eigenvalue weighted by Gasteiger charge is 2.31. The minimum atomic E-state index is -0.0580. The van der Waals surface area contributed by atoms with Gasteiger partial charge in [-0.1, -0.05) is 29.8 Å². The molecular formula is C34H33Cl2N7O3. The van der Waals surface area contributed by atoms with E-state index in [9.17, 15) is 4.79 Å². The Bertz CT molecular complexity index is 1960. The molecule has 1 aliphatic carbocycles. The van der Waals surface area contributed by atoms with E-state index >= 15 is 0 Å². The van der Waals surface area contributed by atoms with Crippen LogP contribution in [0.15, 0.2) is 61.6 Å². The number of hydrogen-bond acceptors (Lipinski definition) is 9. The van der Waals surface area contributed by atoms with Crippen LogP contribution in [-0.4, -0.2) is 76.5 Å². The summed E-state index contributed by atoms with van der Waals surface area (Å²) >= 11 is 13.6. The van der Waals surface area contributed by atoms with Crippen molar-refractivity contribution < 1.29 is 14.3 Å². The third-order valence-electron chi connectivity index (χ3n) is 8.72. The van der Waals surface area contributed by atoms with E-state index in [4.69, 9.17) is 37.7 Å². The molecule has 2 aromatic carbocycles. The van der Waals surface area contributed by atoms with Gasteiger partial charge in [0.2, 0.25) is 5.95 Å². The molecule has 0 atom stereocenters. The highest BCUT2D eigenvalue weighted by Crippen LogP contribution is 2.47. The van der Waals surface area contributed by atoms with Crippen molar-refractivity contribution in [1.29, 1.82) is 0 Å². The summed E-state index contributed by atoms with van der Waals surface area (Å²) in [6, 6.07) is 10.5. The average molecular weight is 659 g/mol. The van der Waals surface area contributed by atoms with Crippen molar-refractivity contribution >= 4 is 63.0 Å². The fourth-order valence-electron chi connectivity index (χ4n) is 6.15. The van der Waals surface area contributed by atoms with Crippen LogP contribution in [0.1, 0.15) is 18.4 Å². The molecular weight excluding hydrogens is 625 g/mol. The van der Waals surface area contributed by atoms with Gasteiger partial charge in [-0.25, -0.2) is 9.97 Å². The summed E-state index contributed by atoms with van der Waals surface area (Å²) in [5, 5.41) is 4.78. The second-order valence-electron chi connectivity index (χ2n) is 11.5. The molecule has 12 heteroatoms. The maximum absolute atomic E-state index is 12.5. The van der Waals surface area contributed by atoms with E-state index in [2.05, 4.69) is 43.8 Å². The van der Waals surface area contributed by atoms with Gasteiger partial charge in [-0.3, -0.25) is 14.1 Å². The lowest BCUT2D eigenvalue weighted by molar-refractivity contribution is -0.114. The fraction of sp³-hybridized carbons (Fsp3) is 0.294. The Kier molecular flexibility index (Phi) is 8.18. The zero-order valence-electron chi connectivity index (χ0n) is 25.6. The van der Waals surface area contributed by atoms with Gasteiger partial charge in [-0.05, 0) is 48.7 Å². The Morgan fingerprint density at radius 1 is 1.02 bits per heavy atom. The number of anilines is 3. The molecule has 0 bridgehead atoms. The zero-order valence-corrected chi connectivity index (χ0v) is 27.1. The van der Waals surface area contributed by atoms with Crippen molar-refractivity contribution in [2.75, 3.05) is 50.6 Å². The summed E-state index contributed by atoms with van der Waals surface area (Å²) in [5.41, 5.74) is 5.15. The lowest BCUT2D eigenvalue weighted by Gasteiger charge is -2.36. The third-order valence-corrected chi connectivity index (χ3v) is 9.47. The highest BCUT2D eigenvalue weighted by atomic mass is 35.5. The Morgan fingerprint density at radius 2 is 1.76 bits per heavy atom. The van der Waals surface area contributed by atoms with Gasteiger partial charge in [-0.2, -0.15) is 4.98 Å². The van der Waals surface area contributed by atoms with Crippen molar-refractivity contribution in [2.24, 2.45) is 0 Å². The van der Waals surface area contributed by atoms with Crippen LogP contribution in [0.5, 0.6) is 11.5 Å². The van der Waals surface area contributed by atoms with Crippen LogP contribution < -0.4 is 19.7 Å². The lowest BCUT2D eigenvalue weighted by Crippen LogP contribution is -2.47. The number of hydrogen-bond donors (Lipinski definition) is 1. The summed E-state index contributed by atoms with van der Waals surface area (Å²) in [4.78, 5) is 31.6. The number of piperazine rings is 1. The van der Waals surface area contributed by atoms with Crippen molar-refractivity contribution in [3.63, 3.8) is 0 Å². The second-order valence-corrected chi connectivity index (χ2v) is 12.3. The standard InChI is InChI=1S/C34H33Cl2N7O3/c1-4-24(44)16-20-15-23(42-13-11-41(12-14-42)22-5-6-22)7-8-26(20)39-34-38-19-21-17-25(33-37-9-10-43(33)32(21)40-34)29-30(35)27(45-2)18-28(46-3)31(29)36/h4,7-10,15,17-19,22H,1,5-6,11-14,16H2,2-3H3,(H,38,39,40). The molecule has 7 rings (SSSR count). The number of nitrogens with zero attached hydrogens (tertiary/aromatic N) is 6. The first-order chi connectivity index (χ1) is 22.4. The van der Waals surface area contributed by atoms with Crippen LogP contribution in [0.3, 0.4) is 0 Å². The Hall–Kier alpha value is -4.38. The number of ether oxygens (including phenoxy) is 2. The average Bonchev–Trinajstić information content (AvgIpc) is 3.81. The van der Waals surface area contributed by atoms with Crippen LogP contribution >= 0.6 is 23.2 Å². The normalized spacial score (nSPS) is 15.3. The van der Waals surface area contributed by atoms with Gasteiger partial charge < -0.3 is 19.7 Å². The van der Waals surface area contributed by atoms with Gasteiger partial charge >= 0.3 is 0 Å². The fourth-order valence-corrected chi connectivity index (χ4v) is 6.85. The third kappa shape index (κ3) is 5.61. The summed E-state index contributed by atoms with van der Waals surface area (Å²) in [5.74, 6) is 1.18. The summed E-state index contributed by atoms with van der Waals surface area (Å²) < 4.78 is 12.9. The first-order valence-electron chi connectivity index (χ1n) is 15.2. The molecule has 4 heterocycles. The van der Waals surface area contributed by atoms with Gasteiger partial charge in [0.25, 0.3) is 0 Å². The molecule has 1 aliphatic heterocycles. The number of aromatic nitrogens is 4. The maximum atomic E-state index is 12.5. The second kappa shape index (κ2) is 12.4. The first-order valence-corrected chi connectivity index (χ1v) is 15.9. The van der Waals surface area contributed by atoms with Gasteiger partial charge in [-0.15, -0.1) is 0 Å². The largest absolute Gasteiger partial charge is 0.495 e. The quantitative estimate of drug-likeness (QED) is 0.167. The Morgan fingerprint density at radius 3 is 2.43 bits per heavy atom. The van der Waals surface area contributed by atoms with E-state index in [1.54, 1.807) is 18.5 Å². The number of imidazole rings is 1. The smallest absolute Gasteiger partial charge is 0.229 e. The van der Waals surface area contributed by atoms with Gasteiger partial charge in [0.05, 0.1) is 24.3 Å². The predicted octanol–water partition coefficient (Wildman–Crippen LogP) is 6.59. The predicted molar refractivity (Wildman–Crippen MR) is 182 cm³/mol. The van der Waals surface area contributed by atoms with Gasteiger partial charge in [0, 0.05) is 91.2 Å². The number of nitrogens with one attached hydrogen (secondary N) is 1. The number of carbonyl (C=O) groups is 1. The Labute approximate surface area is 276 Å². The molecule has 5 aromatic rings. The molecule has 0 spiro atoms. The number of halogens is 2. The highest BCUT2D eigenvalue weighted by molar-refractivity contribution is 6.41. The van der Waals surface area contributed by atoms with Crippen LogP contribution in [0.4, 0.5) is 17.3 Å². The summed E-state index contributed by atoms with van der Waals surface area (Å²) in [6.07, 6.45) is 9.46. The van der Waals surface area contributed by atoms with Gasteiger partial charge in [0.1, 0.15) is 17.1 Å². The molecule has 2 aliphatic rings. The number of methoxy groups -OCH3 is 2. The summed E-state index contributed by atoms with van der Waals surface area (Å²) in [7, 11) is 3.07. The molecule has 236 valence electrons. The molecule has 10 nitrogen and oxygen atoms in total. The minimum Gasteiger partial charge on any atom is -0.495 e. The molecule has 46 heavy (non-hydrogen) atoms. The first kappa shape index (κ1) is 30.3. The Balaban J connectivity index is 1.24. The van der Waals surface area contributed by atoms with Crippen LogP contribution in [0, 0.1) is 0 Å². The molecule has 0 radical (unpaired) electrons. The van der Waals surface area contributed by atoms with Crippen LogP contribution in [0.25, 0.3) is 27.8 Å². The van der Waals surface area contributed by atoms with E-state index < -0.39 is 0 Å². The van der Waals surface area contributed by atoms with Crippen LogP contribution in [0.2, 0.25) is 10.0 Å². The van der Waals surface area contributed by atoms with Gasteiger partial charge in [0.15, 0.2) is 11.4 Å². The maximum Gasteiger partial charge on any atom is 0.229 e. The SMILES string of the molecule is C=CC(=O)Cc1cc(N2CCN(C3CC3)CC2)ccc1Nc1ncc2cc(-c3c(Cl)c(OC)cc(OC)c3Cl)c3nccn3c2n1. The molecule has 1 N–H and O–H groups in total. The van der Waals surface area contributed by atoms with Crippen molar-refractivity contribution in [3.8, 4) is 22.6 Å². The molecule has 1 saturated carbocycles. The van der Waals surface area contributed by atoms with Crippen molar-refractivity contribution in [1.82, 2.24) is 24.3 Å². The van der Waals surface area contributed by atoms with E-state index in [-0.39, 0.29) is 12.2 Å². The number of pyridine rings is 1. The minimum absolute atomic E-state index is 0.0580.